The molecule has 0 aromatic heterocycles. The van der Waals surface area contributed by atoms with Crippen molar-refractivity contribution < 1.29 is 17.9 Å². The summed E-state index contributed by atoms with van der Waals surface area (Å²) in [6.45, 7) is 4.33. The summed E-state index contributed by atoms with van der Waals surface area (Å²) in [5.41, 5.74) is -0.137. The second-order valence-corrected chi connectivity index (χ2v) is 4.88. The maximum Gasteiger partial charge on any atom is 0.133 e. The molecule has 0 saturated carbocycles. The van der Waals surface area contributed by atoms with Gasteiger partial charge in [-0.05, 0) is 26.3 Å². The van der Waals surface area contributed by atoms with Gasteiger partial charge in [-0.3, -0.25) is 0 Å². The van der Waals surface area contributed by atoms with Gasteiger partial charge >= 0.3 is 0 Å². The van der Waals surface area contributed by atoms with Crippen LogP contribution in [-0.4, -0.2) is 18.8 Å². The maximum absolute atomic E-state index is 13.9. The lowest BCUT2D eigenvalue weighted by Gasteiger charge is -2.25. The van der Waals surface area contributed by atoms with Gasteiger partial charge in [0.15, 0.2) is 0 Å². The summed E-state index contributed by atoms with van der Waals surface area (Å²) in [6.07, 6.45) is 1.38. The minimum Gasteiger partial charge on any atom is -0.373 e. The molecule has 1 fully saturated rings. The summed E-state index contributed by atoms with van der Waals surface area (Å²) in [6, 6.07) is 0.831. The topological polar surface area (TPSA) is 21.3 Å². The number of rotatable bonds is 4. The van der Waals surface area contributed by atoms with E-state index in [1.165, 1.54) is 0 Å². The third kappa shape index (κ3) is 3.09. The molecule has 1 N–H and O–H groups in total. The predicted octanol–water partition coefficient (Wildman–Crippen LogP) is 3.32. The van der Waals surface area contributed by atoms with Gasteiger partial charge in [0.2, 0.25) is 0 Å². The van der Waals surface area contributed by atoms with Crippen molar-refractivity contribution in [3.8, 4) is 0 Å². The third-order valence-corrected chi connectivity index (χ3v) is 3.42. The van der Waals surface area contributed by atoms with Crippen molar-refractivity contribution in [1.29, 1.82) is 0 Å². The van der Waals surface area contributed by atoms with Crippen LogP contribution in [0.5, 0.6) is 0 Å². The van der Waals surface area contributed by atoms with Gasteiger partial charge in [0.1, 0.15) is 17.5 Å². The van der Waals surface area contributed by atoms with Gasteiger partial charge in [0, 0.05) is 17.7 Å². The largest absolute Gasteiger partial charge is 0.373 e. The van der Waals surface area contributed by atoms with Crippen LogP contribution in [0.2, 0.25) is 0 Å². The predicted molar refractivity (Wildman–Crippen MR) is 66.3 cm³/mol. The number of likely N-dealkylation sites (N-methyl/N-ethyl adjacent to an activating group) is 1. The molecule has 3 unspecified atom stereocenters. The Bertz CT molecular complexity index is 429. The SMILES string of the molecule is CCNC(c1c(F)cc(F)cc1F)C1CCC(C)O1. The third-order valence-electron chi connectivity index (χ3n) is 3.42. The van der Waals surface area contributed by atoms with Gasteiger partial charge in [-0.2, -0.15) is 0 Å². The molecule has 0 radical (unpaired) electrons. The fraction of sp³-hybridized carbons (Fsp3) is 0.571. The smallest absolute Gasteiger partial charge is 0.133 e. The first-order valence-electron chi connectivity index (χ1n) is 6.56. The second-order valence-electron chi connectivity index (χ2n) is 4.88. The standard InChI is InChI=1S/C14H18F3NO/c1-3-18-14(12-5-4-8(2)19-12)13-10(16)6-9(15)7-11(13)17/h6-8,12,14,18H,3-5H2,1-2H3. The average Bonchev–Trinajstić information content (AvgIpc) is 2.73. The Balaban J connectivity index is 2.33. The highest BCUT2D eigenvalue weighted by Crippen LogP contribution is 2.33. The highest BCUT2D eigenvalue weighted by Gasteiger charge is 2.33. The summed E-state index contributed by atoms with van der Waals surface area (Å²) in [5, 5.41) is 3.04. The summed E-state index contributed by atoms with van der Waals surface area (Å²) in [4.78, 5) is 0. The molecule has 1 aliphatic heterocycles. The molecule has 1 aliphatic rings. The molecule has 1 aromatic carbocycles. The van der Waals surface area contributed by atoms with Crippen LogP contribution in [0, 0.1) is 17.5 Å². The van der Waals surface area contributed by atoms with Crippen molar-refractivity contribution in [2.75, 3.05) is 6.54 Å². The van der Waals surface area contributed by atoms with Crippen molar-refractivity contribution in [3.05, 3.63) is 35.1 Å². The van der Waals surface area contributed by atoms with Gasteiger partial charge in [-0.15, -0.1) is 0 Å². The molecular weight excluding hydrogens is 255 g/mol. The molecule has 1 heterocycles. The molecule has 0 aliphatic carbocycles. The van der Waals surface area contributed by atoms with E-state index in [4.69, 9.17) is 4.74 Å². The van der Waals surface area contributed by atoms with Gasteiger partial charge in [-0.25, -0.2) is 13.2 Å². The molecule has 5 heteroatoms. The first-order chi connectivity index (χ1) is 9.02. The van der Waals surface area contributed by atoms with Crippen molar-refractivity contribution in [3.63, 3.8) is 0 Å². The van der Waals surface area contributed by atoms with E-state index in [-0.39, 0.29) is 17.8 Å². The number of hydrogen-bond donors (Lipinski definition) is 1. The molecule has 2 nitrogen and oxygen atoms in total. The zero-order valence-electron chi connectivity index (χ0n) is 11.1. The number of halogens is 3. The Hall–Kier alpha value is -1.07. The van der Waals surface area contributed by atoms with Crippen LogP contribution in [-0.2, 0) is 4.74 Å². The summed E-state index contributed by atoms with van der Waals surface area (Å²) >= 11 is 0. The molecular formula is C14H18F3NO. The van der Waals surface area contributed by atoms with E-state index in [9.17, 15) is 13.2 Å². The molecule has 2 rings (SSSR count). The van der Waals surface area contributed by atoms with Crippen molar-refractivity contribution in [2.45, 2.75) is 44.9 Å². The van der Waals surface area contributed by atoms with E-state index in [0.29, 0.717) is 18.7 Å². The summed E-state index contributed by atoms with van der Waals surface area (Å²) in [7, 11) is 0. The number of hydrogen-bond acceptors (Lipinski definition) is 2. The first-order valence-corrected chi connectivity index (χ1v) is 6.56. The molecule has 0 amide bonds. The van der Waals surface area contributed by atoms with Crippen molar-refractivity contribution in [2.24, 2.45) is 0 Å². The van der Waals surface area contributed by atoms with E-state index in [2.05, 4.69) is 5.32 Å². The zero-order valence-corrected chi connectivity index (χ0v) is 11.1. The van der Waals surface area contributed by atoms with Gasteiger partial charge in [-0.1, -0.05) is 6.92 Å². The summed E-state index contributed by atoms with van der Waals surface area (Å²) < 4.78 is 46.4. The summed E-state index contributed by atoms with van der Waals surface area (Å²) in [5.74, 6) is -2.65. The lowest BCUT2D eigenvalue weighted by molar-refractivity contribution is 0.0303. The fourth-order valence-corrected chi connectivity index (χ4v) is 2.57. The van der Waals surface area contributed by atoms with E-state index >= 15 is 0 Å². The Labute approximate surface area is 111 Å². The van der Waals surface area contributed by atoms with E-state index < -0.39 is 23.5 Å². The first kappa shape index (κ1) is 14.3. The monoisotopic (exact) mass is 273 g/mol. The number of benzene rings is 1. The van der Waals surface area contributed by atoms with Crippen LogP contribution >= 0.6 is 0 Å². The number of nitrogens with one attached hydrogen (secondary N) is 1. The molecule has 1 saturated heterocycles. The van der Waals surface area contributed by atoms with Crippen molar-refractivity contribution >= 4 is 0 Å². The van der Waals surface area contributed by atoms with Crippen LogP contribution in [0.25, 0.3) is 0 Å². The van der Waals surface area contributed by atoms with Gasteiger partial charge in [0.25, 0.3) is 0 Å². The quantitative estimate of drug-likeness (QED) is 0.908. The minimum atomic E-state index is -0.908. The zero-order chi connectivity index (χ0) is 14.0. The lowest BCUT2D eigenvalue weighted by atomic mass is 9.97. The van der Waals surface area contributed by atoms with Crippen LogP contribution in [0.15, 0.2) is 12.1 Å². The Morgan fingerprint density at radius 3 is 2.37 bits per heavy atom. The molecule has 0 spiro atoms. The molecule has 19 heavy (non-hydrogen) atoms. The average molecular weight is 273 g/mol. The Morgan fingerprint density at radius 1 is 1.26 bits per heavy atom. The van der Waals surface area contributed by atoms with Crippen LogP contribution in [0.4, 0.5) is 13.2 Å². The maximum atomic E-state index is 13.9. The highest BCUT2D eigenvalue weighted by atomic mass is 19.1. The molecule has 3 atom stereocenters. The second kappa shape index (κ2) is 5.92. The highest BCUT2D eigenvalue weighted by molar-refractivity contribution is 5.25. The fourth-order valence-electron chi connectivity index (χ4n) is 2.57. The minimum absolute atomic E-state index is 0.0812. The van der Waals surface area contributed by atoms with Crippen LogP contribution in [0.1, 0.15) is 38.3 Å². The Morgan fingerprint density at radius 2 is 1.89 bits per heavy atom. The molecule has 0 bridgehead atoms. The van der Waals surface area contributed by atoms with Gasteiger partial charge < -0.3 is 10.1 Å². The van der Waals surface area contributed by atoms with Crippen LogP contribution < -0.4 is 5.32 Å². The lowest BCUT2D eigenvalue weighted by Crippen LogP contribution is -2.33. The van der Waals surface area contributed by atoms with E-state index in [1.807, 2.05) is 13.8 Å². The van der Waals surface area contributed by atoms with E-state index in [0.717, 1.165) is 12.8 Å². The molecule has 1 aromatic rings. The van der Waals surface area contributed by atoms with E-state index in [1.54, 1.807) is 0 Å². The normalized spacial score (nSPS) is 24.7. The van der Waals surface area contributed by atoms with Crippen molar-refractivity contribution in [1.82, 2.24) is 5.32 Å². The Kier molecular flexibility index (Phi) is 4.47. The van der Waals surface area contributed by atoms with Crippen LogP contribution in [0.3, 0.4) is 0 Å². The molecule has 106 valence electrons. The number of ether oxygens (including phenoxy) is 1. The van der Waals surface area contributed by atoms with Gasteiger partial charge in [0.05, 0.1) is 18.2 Å².